The van der Waals surface area contributed by atoms with Crippen LogP contribution in [-0.2, 0) is 6.54 Å². The van der Waals surface area contributed by atoms with E-state index in [2.05, 4.69) is 20.3 Å². The summed E-state index contributed by atoms with van der Waals surface area (Å²) in [4.78, 5) is 2.85. The van der Waals surface area contributed by atoms with Crippen LogP contribution in [0.3, 0.4) is 0 Å². The minimum absolute atomic E-state index is 0.450. The number of methoxy groups -OCH3 is 1. The van der Waals surface area contributed by atoms with Crippen LogP contribution in [0.5, 0.6) is 5.75 Å². The third kappa shape index (κ3) is 2.50. The minimum Gasteiger partial charge on any atom is -0.497 e. The van der Waals surface area contributed by atoms with E-state index < -0.39 is 0 Å². The molecule has 0 bridgehead atoms. The number of ether oxygens (including phenoxy) is 1. The van der Waals surface area contributed by atoms with Crippen molar-refractivity contribution in [2.75, 3.05) is 7.11 Å². The van der Waals surface area contributed by atoms with Crippen molar-refractivity contribution in [3.8, 4) is 5.75 Å². The third-order valence-electron chi connectivity index (χ3n) is 3.18. The van der Waals surface area contributed by atoms with Gasteiger partial charge in [-0.15, -0.1) is 5.10 Å². The van der Waals surface area contributed by atoms with E-state index in [0.29, 0.717) is 18.0 Å². The summed E-state index contributed by atoms with van der Waals surface area (Å²) in [6.45, 7) is 0.450. The van der Waals surface area contributed by atoms with Gasteiger partial charge >= 0.3 is 0 Å². The molecule has 1 heterocycles. The van der Waals surface area contributed by atoms with Crippen molar-refractivity contribution in [1.29, 1.82) is 0 Å². The Balaban J connectivity index is 2.05. The van der Waals surface area contributed by atoms with Gasteiger partial charge in [-0.1, -0.05) is 22.5 Å². The van der Waals surface area contributed by atoms with Gasteiger partial charge in [0.2, 0.25) is 0 Å². The fourth-order valence-corrected chi connectivity index (χ4v) is 2.16. The molecule has 2 aromatic carbocycles. The molecule has 3 rings (SSSR count). The maximum Gasteiger partial charge on any atom is 0.119 e. The van der Waals surface area contributed by atoms with E-state index in [9.17, 15) is 0 Å². The second-order valence-corrected chi connectivity index (χ2v) is 4.42. The molecular formula is C14H12N6O. The molecular weight excluding hydrogens is 268 g/mol. The van der Waals surface area contributed by atoms with Crippen LogP contribution in [-0.4, -0.2) is 22.1 Å². The fourth-order valence-electron chi connectivity index (χ4n) is 2.16. The number of fused-ring (bicyclic) bond motifs is 1. The monoisotopic (exact) mass is 280 g/mol. The van der Waals surface area contributed by atoms with Gasteiger partial charge in [0.1, 0.15) is 11.3 Å². The molecule has 0 saturated carbocycles. The van der Waals surface area contributed by atoms with Gasteiger partial charge in [0, 0.05) is 10.6 Å². The molecule has 0 radical (unpaired) electrons. The lowest BCUT2D eigenvalue weighted by atomic mass is 10.1. The predicted molar refractivity (Wildman–Crippen MR) is 78.4 cm³/mol. The molecule has 0 saturated heterocycles. The van der Waals surface area contributed by atoms with Gasteiger partial charge < -0.3 is 4.74 Å². The van der Waals surface area contributed by atoms with Gasteiger partial charge in [-0.3, -0.25) is 0 Å². The fraction of sp³-hybridized carbons (Fsp3) is 0.143. The summed E-state index contributed by atoms with van der Waals surface area (Å²) in [6.07, 6.45) is 0. The molecule has 0 spiro atoms. The number of benzene rings is 2. The highest BCUT2D eigenvalue weighted by Crippen LogP contribution is 2.26. The standard InChI is InChI=1S/C14H12N6O/c1-21-11-6-7-12(16-18-15)10(8-11)9-20-14-5-3-2-4-13(14)17-19-20/h2-8H,9H2,1H3. The summed E-state index contributed by atoms with van der Waals surface area (Å²) in [5.74, 6) is 0.700. The Morgan fingerprint density at radius 3 is 2.95 bits per heavy atom. The number of nitrogens with zero attached hydrogens (tertiary/aromatic N) is 6. The Morgan fingerprint density at radius 2 is 2.14 bits per heavy atom. The van der Waals surface area contributed by atoms with E-state index in [1.807, 2.05) is 30.3 Å². The summed E-state index contributed by atoms with van der Waals surface area (Å²) in [7, 11) is 1.59. The molecule has 0 fully saturated rings. The minimum atomic E-state index is 0.450. The van der Waals surface area contributed by atoms with Crippen molar-refractivity contribution < 1.29 is 4.74 Å². The second-order valence-electron chi connectivity index (χ2n) is 4.42. The lowest BCUT2D eigenvalue weighted by Gasteiger charge is -2.08. The summed E-state index contributed by atoms with van der Waals surface area (Å²) in [5.41, 5.74) is 11.8. The highest BCUT2D eigenvalue weighted by molar-refractivity contribution is 5.74. The van der Waals surface area contributed by atoms with Crippen molar-refractivity contribution in [3.05, 3.63) is 58.5 Å². The van der Waals surface area contributed by atoms with Crippen LogP contribution in [0.25, 0.3) is 21.5 Å². The van der Waals surface area contributed by atoms with E-state index in [4.69, 9.17) is 10.3 Å². The normalized spacial score (nSPS) is 10.3. The Morgan fingerprint density at radius 1 is 1.29 bits per heavy atom. The van der Waals surface area contributed by atoms with Crippen LogP contribution in [0.4, 0.5) is 5.69 Å². The molecule has 0 amide bonds. The van der Waals surface area contributed by atoms with Crippen LogP contribution in [0, 0.1) is 0 Å². The molecule has 0 aliphatic rings. The Hall–Kier alpha value is -3.05. The number of para-hydroxylation sites is 1. The topological polar surface area (TPSA) is 88.7 Å². The van der Waals surface area contributed by atoms with Crippen molar-refractivity contribution in [1.82, 2.24) is 15.0 Å². The first-order valence-electron chi connectivity index (χ1n) is 6.32. The predicted octanol–water partition coefficient (Wildman–Crippen LogP) is 3.43. The van der Waals surface area contributed by atoms with Crippen molar-refractivity contribution in [3.63, 3.8) is 0 Å². The third-order valence-corrected chi connectivity index (χ3v) is 3.18. The molecule has 7 nitrogen and oxygen atoms in total. The first-order valence-corrected chi connectivity index (χ1v) is 6.32. The highest BCUT2D eigenvalue weighted by atomic mass is 16.5. The Kier molecular flexibility index (Phi) is 3.41. The zero-order valence-electron chi connectivity index (χ0n) is 11.3. The molecule has 0 N–H and O–H groups in total. The van der Waals surface area contributed by atoms with E-state index >= 15 is 0 Å². The molecule has 3 aromatic rings. The van der Waals surface area contributed by atoms with E-state index in [1.54, 1.807) is 23.9 Å². The van der Waals surface area contributed by atoms with E-state index in [0.717, 1.165) is 16.6 Å². The summed E-state index contributed by atoms with van der Waals surface area (Å²) >= 11 is 0. The first kappa shape index (κ1) is 13.0. The van der Waals surface area contributed by atoms with Crippen LogP contribution < -0.4 is 4.74 Å². The SMILES string of the molecule is COc1ccc(N=[N+]=[N-])c(Cn2nnc3ccccc32)c1. The summed E-state index contributed by atoms with van der Waals surface area (Å²) < 4.78 is 6.98. The lowest BCUT2D eigenvalue weighted by Crippen LogP contribution is -2.02. The maximum atomic E-state index is 8.66. The molecule has 0 aliphatic heterocycles. The van der Waals surface area contributed by atoms with Gasteiger partial charge in [-0.05, 0) is 41.4 Å². The smallest absolute Gasteiger partial charge is 0.119 e. The zero-order chi connectivity index (χ0) is 14.7. The summed E-state index contributed by atoms with van der Waals surface area (Å²) in [6, 6.07) is 13.0. The van der Waals surface area contributed by atoms with Crippen LogP contribution in [0.1, 0.15) is 5.56 Å². The molecule has 104 valence electrons. The van der Waals surface area contributed by atoms with Gasteiger partial charge in [0.25, 0.3) is 0 Å². The van der Waals surface area contributed by atoms with Gasteiger partial charge in [-0.2, -0.15) is 0 Å². The second kappa shape index (κ2) is 5.52. The van der Waals surface area contributed by atoms with E-state index in [1.165, 1.54) is 0 Å². The number of azide groups is 1. The molecule has 0 atom stereocenters. The lowest BCUT2D eigenvalue weighted by molar-refractivity contribution is 0.414. The van der Waals surface area contributed by atoms with Gasteiger partial charge in [0.15, 0.2) is 0 Å². The largest absolute Gasteiger partial charge is 0.497 e. The van der Waals surface area contributed by atoms with Crippen molar-refractivity contribution >= 4 is 16.7 Å². The molecule has 1 aromatic heterocycles. The quantitative estimate of drug-likeness (QED) is 0.416. The molecule has 0 unspecified atom stereocenters. The number of aromatic nitrogens is 3. The average Bonchev–Trinajstić information content (AvgIpc) is 2.92. The zero-order valence-corrected chi connectivity index (χ0v) is 11.3. The number of rotatable bonds is 4. The Labute approximate surface area is 120 Å². The van der Waals surface area contributed by atoms with Gasteiger partial charge in [0.05, 0.1) is 19.2 Å². The summed E-state index contributed by atoms with van der Waals surface area (Å²) in [5, 5.41) is 12.0. The first-order chi connectivity index (χ1) is 10.3. The average molecular weight is 280 g/mol. The number of hydrogen-bond acceptors (Lipinski definition) is 4. The van der Waals surface area contributed by atoms with Crippen molar-refractivity contribution in [2.24, 2.45) is 5.11 Å². The van der Waals surface area contributed by atoms with Gasteiger partial charge in [-0.25, -0.2) is 4.68 Å². The van der Waals surface area contributed by atoms with Crippen LogP contribution >= 0.6 is 0 Å². The van der Waals surface area contributed by atoms with E-state index in [-0.39, 0.29) is 0 Å². The molecule has 0 aliphatic carbocycles. The van der Waals surface area contributed by atoms with Crippen LogP contribution in [0.15, 0.2) is 47.6 Å². The highest BCUT2D eigenvalue weighted by Gasteiger charge is 2.08. The number of hydrogen-bond donors (Lipinski definition) is 0. The maximum absolute atomic E-state index is 8.66. The molecule has 7 heteroatoms. The van der Waals surface area contributed by atoms with Crippen LogP contribution in [0.2, 0.25) is 0 Å². The van der Waals surface area contributed by atoms with Crippen molar-refractivity contribution in [2.45, 2.75) is 6.54 Å². The Bertz CT molecular complexity index is 834. The molecule has 21 heavy (non-hydrogen) atoms.